The summed E-state index contributed by atoms with van der Waals surface area (Å²) in [6.07, 6.45) is 0. The molecule has 1 heterocycles. The number of para-hydroxylation sites is 1. The zero-order chi connectivity index (χ0) is 18.8. The predicted molar refractivity (Wildman–Crippen MR) is 100 cm³/mol. The van der Waals surface area contributed by atoms with Crippen LogP contribution in [0.25, 0.3) is 11.0 Å². The largest absolute Gasteiger partial charge is 0.333 e. The van der Waals surface area contributed by atoms with Crippen LogP contribution in [0.3, 0.4) is 0 Å². The molecule has 3 aromatic rings. The predicted octanol–water partition coefficient (Wildman–Crippen LogP) is 4.62. The van der Waals surface area contributed by atoms with Gasteiger partial charge in [0.15, 0.2) is 16.8 Å². The molecule has 0 saturated carbocycles. The lowest BCUT2D eigenvalue weighted by atomic mass is 10.1. The van der Waals surface area contributed by atoms with E-state index in [2.05, 4.69) is 9.97 Å². The average molecular weight is 375 g/mol. The number of thioether (sulfide) groups is 1. The van der Waals surface area contributed by atoms with Crippen LogP contribution in [0.15, 0.2) is 47.6 Å². The molecule has 0 radical (unpaired) electrons. The summed E-state index contributed by atoms with van der Waals surface area (Å²) in [5.74, 6) is -1.90. The molecule has 26 heavy (non-hydrogen) atoms. The molecule has 4 nitrogen and oxygen atoms in total. The van der Waals surface area contributed by atoms with E-state index in [1.54, 1.807) is 11.9 Å². The fraction of sp³-hybridized carbons (Fsp3) is 0.263. The summed E-state index contributed by atoms with van der Waals surface area (Å²) >= 11 is 1.26. The van der Waals surface area contributed by atoms with Crippen molar-refractivity contribution in [3.8, 4) is 0 Å². The van der Waals surface area contributed by atoms with Gasteiger partial charge in [0.05, 0.1) is 16.3 Å². The number of aromatic amines is 1. The normalized spacial score (nSPS) is 12.5. The van der Waals surface area contributed by atoms with E-state index in [9.17, 15) is 13.6 Å². The Morgan fingerprint density at radius 3 is 2.46 bits per heavy atom. The zero-order valence-corrected chi connectivity index (χ0v) is 15.5. The van der Waals surface area contributed by atoms with Gasteiger partial charge < -0.3 is 9.88 Å². The molecule has 2 aromatic carbocycles. The maximum absolute atomic E-state index is 13.4. The minimum absolute atomic E-state index is 0.0420. The summed E-state index contributed by atoms with van der Waals surface area (Å²) in [4.78, 5) is 21.8. The molecule has 3 rings (SSSR count). The molecule has 1 N–H and O–H groups in total. The third-order valence-electron chi connectivity index (χ3n) is 4.06. The highest BCUT2D eigenvalue weighted by Gasteiger charge is 2.28. The van der Waals surface area contributed by atoms with Gasteiger partial charge in [-0.15, -0.1) is 0 Å². The number of halogens is 2. The second-order valence-electron chi connectivity index (χ2n) is 6.34. The zero-order valence-electron chi connectivity index (χ0n) is 14.7. The molecule has 0 aliphatic heterocycles. The Morgan fingerprint density at radius 1 is 1.15 bits per heavy atom. The molecule has 136 valence electrons. The van der Waals surface area contributed by atoms with Crippen molar-refractivity contribution in [1.29, 1.82) is 0 Å². The number of carbonyl (C=O) groups excluding carboxylic acids is 1. The van der Waals surface area contributed by atoms with Gasteiger partial charge >= 0.3 is 0 Å². The number of nitrogens with zero attached hydrogens (tertiary/aromatic N) is 2. The van der Waals surface area contributed by atoms with E-state index in [1.807, 2.05) is 44.2 Å². The molecule has 0 aliphatic rings. The highest BCUT2D eigenvalue weighted by Crippen LogP contribution is 2.30. The summed E-state index contributed by atoms with van der Waals surface area (Å²) in [6, 6.07) is 11.5. The van der Waals surface area contributed by atoms with Crippen LogP contribution in [-0.4, -0.2) is 28.2 Å². The van der Waals surface area contributed by atoms with E-state index in [0.29, 0.717) is 16.2 Å². The SMILES string of the molecule is CC(C)C(Sc1nc2cc(F)c(F)cc2[nH]1)C(=O)N(C)c1ccccc1. The van der Waals surface area contributed by atoms with Gasteiger partial charge in [-0.25, -0.2) is 13.8 Å². The lowest BCUT2D eigenvalue weighted by Gasteiger charge is -2.25. The van der Waals surface area contributed by atoms with Crippen LogP contribution in [0.5, 0.6) is 0 Å². The monoisotopic (exact) mass is 375 g/mol. The number of nitrogens with one attached hydrogen (secondary N) is 1. The van der Waals surface area contributed by atoms with Gasteiger partial charge in [0.2, 0.25) is 5.91 Å². The average Bonchev–Trinajstić information content (AvgIpc) is 3.00. The van der Waals surface area contributed by atoms with Crippen molar-refractivity contribution in [2.45, 2.75) is 24.3 Å². The Bertz CT molecular complexity index is 888. The van der Waals surface area contributed by atoms with Crippen LogP contribution in [0.2, 0.25) is 0 Å². The number of hydrogen-bond donors (Lipinski definition) is 1. The van der Waals surface area contributed by atoms with Crippen LogP contribution in [0.1, 0.15) is 13.8 Å². The number of aromatic nitrogens is 2. The summed E-state index contributed by atoms with van der Waals surface area (Å²) in [7, 11) is 1.73. The van der Waals surface area contributed by atoms with E-state index in [4.69, 9.17) is 0 Å². The second kappa shape index (κ2) is 7.45. The van der Waals surface area contributed by atoms with E-state index in [1.165, 1.54) is 11.8 Å². The van der Waals surface area contributed by atoms with Crippen molar-refractivity contribution in [2.24, 2.45) is 5.92 Å². The van der Waals surface area contributed by atoms with Gasteiger partial charge in [0, 0.05) is 24.9 Å². The molecular formula is C19H19F2N3OS. The summed E-state index contributed by atoms with van der Waals surface area (Å²) < 4.78 is 26.8. The van der Waals surface area contributed by atoms with Crippen molar-refractivity contribution in [3.63, 3.8) is 0 Å². The Morgan fingerprint density at radius 2 is 1.81 bits per heavy atom. The third kappa shape index (κ3) is 3.72. The molecule has 0 aliphatic carbocycles. The number of H-pyrrole nitrogens is 1. The number of fused-ring (bicyclic) bond motifs is 1. The van der Waals surface area contributed by atoms with Crippen molar-refractivity contribution in [3.05, 3.63) is 54.1 Å². The maximum atomic E-state index is 13.4. The standard InChI is InChI=1S/C19H19F2N3OS/c1-11(2)17(18(25)24(3)12-7-5-4-6-8-12)26-19-22-15-9-13(20)14(21)10-16(15)23-19/h4-11,17H,1-3H3,(H,22,23). The molecule has 0 fully saturated rings. The van der Waals surface area contributed by atoms with Gasteiger partial charge in [-0.05, 0) is 18.1 Å². The van der Waals surface area contributed by atoms with E-state index in [-0.39, 0.29) is 11.8 Å². The molecule has 1 aromatic heterocycles. The van der Waals surface area contributed by atoms with E-state index >= 15 is 0 Å². The van der Waals surface area contributed by atoms with Gasteiger partial charge in [-0.3, -0.25) is 4.79 Å². The van der Waals surface area contributed by atoms with Crippen molar-refractivity contribution in [1.82, 2.24) is 9.97 Å². The Hall–Kier alpha value is -2.41. The number of rotatable bonds is 5. The van der Waals surface area contributed by atoms with Gasteiger partial charge in [-0.1, -0.05) is 43.8 Å². The highest BCUT2D eigenvalue weighted by atomic mass is 32.2. The van der Waals surface area contributed by atoms with Crippen LogP contribution >= 0.6 is 11.8 Å². The fourth-order valence-electron chi connectivity index (χ4n) is 2.60. The van der Waals surface area contributed by atoms with Crippen molar-refractivity contribution >= 4 is 34.4 Å². The summed E-state index contributed by atoms with van der Waals surface area (Å²) in [5, 5.41) is 0.0639. The van der Waals surface area contributed by atoms with Crippen LogP contribution in [0.4, 0.5) is 14.5 Å². The number of imidazole rings is 1. The number of carbonyl (C=O) groups is 1. The van der Waals surface area contributed by atoms with Crippen molar-refractivity contribution in [2.75, 3.05) is 11.9 Å². The molecule has 0 bridgehead atoms. The third-order valence-corrected chi connectivity index (χ3v) is 5.48. The Labute approximate surface area is 154 Å². The van der Waals surface area contributed by atoms with Gasteiger partial charge in [-0.2, -0.15) is 0 Å². The second-order valence-corrected chi connectivity index (χ2v) is 7.47. The molecular weight excluding hydrogens is 356 g/mol. The van der Waals surface area contributed by atoms with E-state index < -0.39 is 16.9 Å². The Balaban J connectivity index is 1.85. The van der Waals surface area contributed by atoms with Crippen LogP contribution in [-0.2, 0) is 4.79 Å². The number of anilines is 1. The summed E-state index contributed by atoms with van der Waals surface area (Å²) in [6.45, 7) is 3.91. The first kappa shape index (κ1) is 18.4. The molecule has 1 amide bonds. The lowest BCUT2D eigenvalue weighted by Crippen LogP contribution is -2.37. The quantitative estimate of drug-likeness (QED) is 0.662. The minimum atomic E-state index is -0.944. The van der Waals surface area contributed by atoms with E-state index in [0.717, 1.165) is 17.8 Å². The van der Waals surface area contributed by atoms with Crippen molar-refractivity contribution < 1.29 is 13.6 Å². The lowest BCUT2D eigenvalue weighted by molar-refractivity contribution is -0.118. The number of amides is 1. The topological polar surface area (TPSA) is 49.0 Å². The van der Waals surface area contributed by atoms with Gasteiger partial charge in [0.1, 0.15) is 0 Å². The van der Waals surface area contributed by atoms with Crippen LogP contribution < -0.4 is 4.90 Å². The fourth-order valence-corrected chi connectivity index (χ4v) is 3.69. The van der Waals surface area contributed by atoms with Crippen LogP contribution in [0, 0.1) is 17.6 Å². The molecule has 1 unspecified atom stereocenters. The molecule has 0 saturated heterocycles. The first-order valence-electron chi connectivity index (χ1n) is 8.21. The highest BCUT2D eigenvalue weighted by molar-refractivity contribution is 8.00. The Kier molecular flexibility index (Phi) is 5.27. The minimum Gasteiger partial charge on any atom is -0.333 e. The summed E-state index contributed by atoms with van der Waals surface area (Å²) in [5.41, 5.74) is 1.54. The number of benzene rings is 2. The number of hydrogen-bond acceptors (Lipinski definition) is 3. The smallest absolute Gasteiger partial charge is 0.240 e. The molecule has 0 spiro atoms. The molecule has 1 atom stereocenters. The van der Waals surface area contributed by atoms with Gasteiger partial charge in [0.25, 0.3) is 0 Å². The first-order chi connectivity index (χ1) is 12.4. The first-order valence-corrected chi connectivity index (χ1v) is 9.09. The maximum Gasteiger partial charge on any atom is 0.240 e. The molecule has 7 heteroatoms.